The molecule has 2 aromatic heterocycles. The molecule has 4 rings (SSSR count). The maximum absolute atomic E-state index is 12.5. The fraction of sp³-hybridized carbons (Fsp3) is 0.143. The quantitative estimate of drug-likeness (QED) is 0.378. The van der Waals surface area contributed by atoms with E-state index in [4.69, 9.17) is 14.2 Å². The summed E-state index contributed by atoms with van der Waals surface area (Å²) in [5, 5.41) is 3.56. The number of esters is 1. The molecule has 0 aliphatic heterocycles. The molecule has 6 nitrogen and oxygen atoms in total. The van der Waals surface area contributed by atoms with Gasteiger partial charge in [0.25, 0.3) is 0 Å². The highest BCUT2D eigenvalue weighted by Crippen LogP contribution is 2.39. The molecule has 0 amide bonds. The number of para-hydroxylation sites is 2. The lowest BCUT2D eigenvalue weighted by atomic mass is 10.2. The van der Waals surface area contributed by atoms with Gasteiger partial charge in [-0.15, -0.1) is 11.3 Å². The maximum atomic E-state index is 12.5. The van der Waals surface area contributed by atoms with Crippen LogP contribution in [0, 0.1) is 0 Å². The van der Waals surface area contributed by atoms with Gasteiger partial charge in [0.1, 0.15) is 17.3 Å². The Kier molecular flexibility index (Phi) is 5.55. The van der Waals surface area contributed by atoms with Crippen molar-refractivity contribution in [2.75, 3.05) is 14.2 Å². The molecule has 4 aromatic rings. The van der Waals surface area contributed by atoms with E-state index in [9.17, 15) is 4.79 Å². The van der Waals surface area contributed by atoms with Crippen LogP contribution in [0.25, 0.3) is 21.5 Å². The Morgan fingerprint density at radius 3 is 2.72 bits per heavy atom. The summed E-state index contributed by atoms with van der Waals surface area (Å²) in [4.78, 5) is 20.2. The van der Waals surface area contributed by atoms with Crippen molar-refractivity contribution in [2.45, 2.75) is 6.61 Å². The van der Waals surface area contributed by atoms with Crippen molar-refractivity contribution in [3.05, 3.63) is 63.7 Å². The molecule has 0 saturated carbocycles. The summed E-state index contributed by atoms with van der Waals surface area (Å²) < 4.78 is 17.0. The second kappa shape index (κ2) is 8.26. The van der Waals surface area contributed by atoms with Gasteiger partial charge >= 0.3 is 5.97 Å². The van der Waals surface area contributed by atoms with Gasteiger partial charge in [-0.05, 0) is 34.1 Å². The Bertz CT molecular complexity index is 1180. The number of thiazole rings is 1. The number of carbonyl (C=O) groups excluding carboxylic acids is 1. The number of hydrogen-bond donors (Lipinski definition) is 1. The largest absolute Gasteiger partial charge is 0.493 e. The minimum absolute atomic E-state index is 0.0728. The highest BCUT2D eigenvalue weighted by molar-refractivity contribution is 9.10. The van der Waals surface area contributed by atoms with Crippen molar-refractivity contribution in [1.82, 2.24) is 9.97 Å². The molecule has 2 heterocycles. The first-order valence-corrected chi connectivity index (χ1v) is 10.4. The van der Waals surface area contributed by atoms with E-state index in [1.165, 1.54) is 11.3 Å². The standard InChI is InChI=1S/C21H17BrN2O4S/c1-26-16-9-5-7-14(19(16)27-2)20-23-12(11-29-20)10-28-21(25)18-17(22)13-6-3-4-8-15(13)24-18/h3-9,11,24H,10H2,1-2H3. The van der Waals surface area contributed by atoms with E-state index in [2.05, 4.69) is 25.9 Å². The highest BCUT2D eigenvalue weighted by atomic mass is 79.9. The van der Waals surface area contributed by atoms with Crippen LogP contribution in [0.3, 0.4) is 0 Å². The summed E-state index contributed by atoms with van der Waals surface area (Å²) in [7, 11) is 3.19. The SMILES string of the molecule is COc1cccc(-c2nc(COC(=O)c3[nH]c4ccccc4c3Br)cs2)c1OC. The number of halogens is 1. The average molecular weight is 473 g/mol. The van der Waals surface area contributed by atoms with Gasteiger partial charge in [0.05, 0.1) is 29.9 Å². The summed E-state index contributed by atoms with van der Waals surface area (Å²) in [6.07, 6.45) is 0. The molecule has 8 heteroatoms. The van der Waals surface area contributed by atoms with Crippen molar-refractivity contribution >= 4 is 44.1 Å². The third-order valence-corrected chi connectivity index (χ3v) is 6.13. The zero-order valence-corrected chi connectivity index (χ0v) is 18.1. The van der Waals surface area contributed by atoms with Crippen LogP contribution < -0.4 is 9.47 Å². The third-order valence-electron chi connectivity index (χ3n) is 4.38. The van der Waals surface area contributed by atoms with E-state index in [-0.39, 0.29) is 6.61 Å². The van der Waals surface area contributed by atoms with E-state index in [0.29, 0.717) is 27.4 Å². The lowest BCUT2D eigenvalue weighted by Crippen LogP contribution is -2.06. The molecule has 0 radical (unpaired) electrons. The van der Waals surface area contributed by atoms with Gasteiger partial charge < -0.3 is 19.2 Å². The van der Waals surface area contributed by atoms with Gasteiger partial charge in [-0.2, -0.15) is 0 Å². The van der Waals surface area contributed by atoms with Gasteiger partial charge in [-0.3, -0.25) is 0 Å². The van der Waals surface area contributed by atoms with E-state index >= 15 is 0 Å². The van der Waals surface area contributed by atoms with Crippen LogP contribution in [0.5, 0.6) is 11.5 Å². The smallest absolute Gasteiger partial charge is 0.356 e. The number of nitrogens with zero attached hydrogens (tertiary/aromatic N) is 1. The van der Waals surface area contributed by atoms with Gasteiger partial charge in [-0.1, -0.05) is 24.3 Å². The van der Waals surface area contributed by atoms with E-state index in [1.807, 2.05) is 47.8 Å². The number of nitrogens with one attached hydrogen (secondary N) is 1. The molecule has 29 heavy (non-hydrogen) atoms. The average Bonchev–Trinajstić information content (AvgIpc) is 3.36. The first-order valence-electron chi connectivity index (χ1n) is 8.71. The van der Waals surface area contributed by atoms with Gasteiger partial charge in [-0.25, -0.2) is 9.78 Å². The lowest BCUT2D eigenvalue weighted by Gasteiger charge is -2.10. The Hall–Kier alpha value is -2.84. The summed E-state index contributed by atoms with van der Waals surface area (Å²) in [6.45, 7) is 0.0728. The molecule has 1 N–H and O–H groups in total. The van der Waals surface area contributed by atoms with Crippen LogP contribution in [0.4, 0.5) is 0 Å². The Balaban J connectivity index is 1.51. The van der Waals surface area contributed by atoms with Gasteiger partial charge in [0.15, 0.2) is 11.5 Å². The van der Waals surface area contributed by atoms with Crippen LogP contribution in [0.1, 0.15) is 16.2 Å². The number of H-pyrrole nitrogens is 1. The number of benzene rings is 2. The van der Waals surface area contributed by atoms with Crippen molar-refractivity contribution in [2.24, 2.45) is 0 Å². The number of hydrogen-bond acceptors (Lipinski definition) is 6. The number of aromatic nitrogens is 2. The zero-order chi connectivity index (χ0) is 20.4. The van der Waals surface area contributed by atoms with Crippen LogP contribution in [-0.4, -0.2) is 30.2 Å². The Labute approximate surface area is 179 Å². The summed E-state index contributed by atoms with van der Waals surface area (Å²) in [6, 6.07) is 13.3. The number of rotatable bonds is 6. The molecule has 0 aliphatic rings. The molecule has 2 aromatic carbocycles. The molecular formula is C21H17BrN2O4S. The minimum Gasteiger partial charge on any atom is -0.493 e. The van der Waals surface area contributed by atoms with Crippen LogP contribution in [-0.2, 0) is 11.3 Å². The predicted octanol–water partition coefficient (Wildman–Crippen LogP) is 5.43. The zero-order valence-electron chi connectivity index (χ0n) is 15.7. The minimum atomic E-state index is -0.443. The first-order chi connectivity index (χ1) is 14.1. The van der Waals surface area contributed by atoms with Crippen molar-refractivity contribution in [1.29, 1.82) is 0 Å². The molecule has 0 atom stereocenters. The number of carbonyl (C=O) groups is 1. The van der Waals surface area contributed by atoms with Crippen LogP contribution >= 0.6 is 27.3 Å². The summed E-state index contributed by atoms with van der Waals surface area (Å²) >= 11 is 4.92. The third kappa shape index (κ3) is 3.73. The fourth-order valence-corrected chi connectivity index (χ4v) is 4.45. The molecule has 0 unspecified atom stereocenters. The summed E-state index contributed by atoms with van der Waals surface area (Å²) in [5.74, 6) is 0.813. The van der Waals surface area contributed by atoms with Gasteiger partial charge in [0, 0.05) is 16.3 Å². The lowest BCUT2D eigenvalue weighted by molar-refractivity contribution is 0.0461. The number of ether oxygens (including phenoxy) is 3. The summed E-state index contributed by atoms with van der Waals surface area (Å²) in [5.41, 5.74) is 2.74. The van der Waals surface area contributed by atoms with Crippen molar-refractivity contribution in [3.8, 4) is 22.1 Å². The van der Waals surface area contributed by atoms with Gasteiger partial charge in [0.2, 0.25) is 0 Å². The first kappa shape index (κ1) is 19.5. The second-order valence-corrected chi connectivity index (χ2v) is 7.77. The topological polar surface area (TPSA) is 73.4 Å². The van der Waals surface area contributed by atoms with Crippen molar-refractivity contribution in [3.63, 3.8) is 0 Å². The molecule has 148 valence electrons. The van der Waals surface area contributed by atoms with Crippen molar-refractivity contribution < 1.29 is 19.0 Å². The maximum Gasteiger partial charge on any atom is 0.356 e. The number of fused-ring (bicyclic) bond motifs is 1. The molecule has 0 aliphatic carbocycles. The molecule has 0 saturated heterocycles. The number of aromatic amines is 1. The van der Waals surface area contributed by atoms with Crippen LogP contribution in [0.2, 0.25) is 0 Å². The van der Waals surface area contributed by atoms with E-state index < -0.39 is 5.97 Å². The molecule has 0 bridgehead atoms. The molecule has 0 fully saturated rings. The Morgan fingerprint density at radius 2 is 1.97 bits per heavy atom. The van der Waals surface area contributed by atoms with E-state index in [0.717, 1.165) is 21.5 Å². The second-order valence-electron chi connectivity index (χ2n) is 6.12. The fourth-order valence-electron chi connectivity index (χ4n) is 3.01. The van der Waals surface area contributed by atoms with Crippen LogP contribution in [0.15, 0.2) is 52.3 Å². The normalized spacial score (nSPS) is 10.9. The predicted molar refractivity (Wildman–Crippen MR) is 116 cm³/mol. The molecular weight excluding hydrogens is 456 g/mol. The Morgan fingerprint density at radius 1 is 1.14 bits per heavy atom. The monoisotopic (exact) mass is 472 g/mol. The molecule has 0 spiro atoms. The highest BCUT2D eigenvalue weighted by Gasteiger charge is 2.19. The number of methoxy groups -OCH3 is 2. The van der Waals surface area contributed by atoms with E-state index in [1.54, 1.807) is 14.2 Å².